The summed E-state index contributed by atoms with van der Waals surface area (Å²) in [5.74, 6) is 1.12. The Morgan fingerprint density at radius 1 is 1.35 bits per heavy atom. The highest BCUT2D eigenvalue weighted by Gasteiger charge is 2.41. The first kappa shape index (κ1) is 15.8. The molecule has 2 atom stereocenters. The third-order valence-corrected chi connectivity index (χ3v) is 6.27. The van der Waals surface area contributed by atoms with E-state index in [2.05, 4.69) is 15.9 Å². The van der Waals surface area contributed by atoms with Crippen molar-refractivity contribution in [1.82, 2.24) is 4.31 Å². The number of aryl methyl sites for hydroxylation is 2. The molecule has 6 heteroatoms. The summed E-state index contributed by atoms with van der Waals surface area (Å²) < 4.78 is 31.6. The van der Waals surface area contributed by atoms with Crippen LogP contribution < -0.4 is 4.74 Å². The molecule has 0 bridgehead atoms. The number of benzene rings is 1. The minimum atomic E-state index is -3.13. The van der Waals surface area contributed by atoms with Crippen LogP contribution in [-0.4, -0.2) is 38.2 Å². The normalized spacial score (nSPS) is 23.4. The molecule has 1 saturated heterocycles. The topological polar surface area (TPSA) is 46.6 Å². The van der Waals surface area contributed by atoms with Gasteiger partial charge in [0.2, 0.25) is 10.0 Å². The van der Waals surface area contributed by atoms with Crippen LogP contribution in [0.15, 0.2) is 16.6 Å². The van der Waals surface area contributed by atoms with E-state index in [1.807, 2.05) is 32.9 Å². The third-order valence-electron chi connectivity index (χ3n) is 3.75. The van der Waals surface area contributed by atoms with Crippen molar-refractivity contribution < 1.29 is 13.2 Å². The zero-order valence-electron chi connectivity index (χ0n) is 12.2. The molecule has 0 saturated carbocycles. The number of halogens is 1. The zero-order valence-corrected chi connectivity index (χ0v) is 14.6. The second kappa shape index (κ2) is 5.66. The van der Waals surface area contributed by atoms with Crippen molar-refractivity contribution in [2.45, 2.75) is 26.8 Å². The largest absolute Gasteiger partial charge is 0.492 e. The van der Waals surface area contributed by atoms with Gasteiger partial charge in [0.25, 0.3) is 0 Å². The molecular formula is C14H20BrNO3S. The quantitative estimate of drug-likeness (QED) is 0.828. The lowest BCUT2D eigenvalue weighted by atomic mass is 9.94. The lowest BCUT2D eigenvalue weighted by Crippen LogP contribution is -2.59. The first-order valence-electron chi connectivity index (χ1n) is 6.56. The molecule has 2 unspecified atom stereocenters. The number of rotatable bonds is 4. The smallest absolute Gasteiger partial charge is 0.211 e. The van der Waals surface area contributed by atoms with Crippen molar-refractivity contribution >= 4 is 26.0 Å². The molecule has 1 fully saturated rings. The molecule has 1 aromatic carbocycles. The maximum absolute atomic E-state index is 11.6. The first-order valence-corrected chi connectivity index (χ1v) is 9.20. The van der Waals surface area contributed by atoms with Gasteiger partial charge in [-0.05, 0) is 43.0 Å². The van der Waals surface area contributed by atoms with Crippen molar-refractivity contribution in [3.8, 4) is 5.75 Å². The fourth-order valence-corrected chi connectivity index (χ4v) is 3.98. The average Bonchev–Trinajstić information content (AvgIpc) is 2.31. The van der Waals surface area contributed by atoms with Crippen LogP contribution in [0.25, 0.3) is 0 Å². The van der Waals surface area contributed by atoms with Crippen molar-refractivity contribution in [2.24, 2.45) is 5.92 Å². The van der Waals surface area contributed by atoms with Gasteiger partial charge in [-0.15, -0.1) is 0 Å². The third kappa shape index (κ3) is 3.18. The van der Waals surface area contributed by atoms with Crippen molar-refractivity contribution in [1.29, 1.82) is 0 Å². The molecule has 0 N–H and O–H groups in total. The van der Waals surface area contributed by atoms with E-state index in [4.69, 9.17) is 4.74 Å². The van der Waals surface area contributed by atoms with Crippen molar-refractivity contribution in [3.63, 3.8) is 0 Å². The molecular weight excluding hydrogens is 342 g/mol. The Labute approximate surface area is 129 Å². The van der Waals surface area contributed by atoms with Gasteiger partial charge in [-0.25, -0.2) is 8.42 Å². The summed E-state index contributed by atoms with van der Waals surface area (Å²) in [7, 11) is -3.13. The van der Waals surface area contributed by atoms with Crippen LogP contribution >= 0.6 is 15.9 Å². The summed E-state index contributed by atoms with van der Waals surface area (Å²) in [5.41, 5.74) is 2.23. The van der Waals surface area contributed by atoms with Crippen LogP contribution in [0.5, 0.6) is 5.75 Å². The van der Waals surface area contributed by atoms with E-state index in [0.717, 1.165) is 21.3 Å². The second-order valence-corrected chi connectivity index (χ2v) is 8.29. The van der Waals surface area contributed by atoms with Crippen molar-refractivity contribution in [2.75, 3.05) is 19.4 Å². The van der Waals surface area contributed by atoms with Gasteiger partial charge in [0.15, 0.2) is 0 Å². The van der Waals surface area contributed by atoms with Gasteiger partial charge in [0.05, 0.1) is 12.3 Å². The van der Waals surface area contributed by atoms with E-state index >= 15 is 0 Å². The van der Waals surface area contributed by atoms with Gasteiger partial charge in [0.1, 0.15) is 12.4 Å². The Hall–Kier alpha value is -0.590. The van der Waals surface area contributed by atoms with E-state index < -0.39 is 10.0 Å². The summed E-state index contributed by atoms with van der Waals surface area (Å²) >= 11 is 3.52. The van der Waals surface area contributed by atoms with Gasteiger partial charge < -0.3 is 4.74 Å². The molecule has 0 radical (unpaired) electrons. The number of hydrogen-bond acceptors (Lipinski definition) is 3. The summed E-state index contributed by atoms with van der Waals surface area (Å²) in [4.78, 5) is 0. The molecule has 4 nitrogen and oxygen atoms in total. The highest BCUT2D eigenvalue weighted by Crippen LogP contribution is 2.30. The number of sulfonamides is 1. The van der Waals surface area contributed by atoms with Gasteiger partial charge >= 0.3 is 0 Å². The molecule has 0 aliphatic carbocycles. The summed E-state index contributed by atoms with van der Waals surface area (Å²) in [6.07, 6.45) is 1.25. The first-order chi connectivity index (χ1) is 9.20. The molecule has 1 aliphatic rings. The van der Waals surface area contributed by atoms with Crippen LogP contribution in [0, 0.1) is 19.8 Å². The van der Waals surface area contributed by atoms with Crippen molar-refractivity contribution in [3.05, 3.63) is 27.7 Å². The monoisotopic (exact) mass is 361 g/mol. The summed E-state index contributed by atoms with van der Waals surface area (Å²) in [6.45, 7) is 7.06. The van der Waals surface area contributed by atoms with E-state index in [0.29, 0.717) is 19.1 Å². The Morgan fingerprint density at radius 3 is 2.35 bits per heavy atom. The Morgan fingerprint density at radius 2 is 1.90 bits per heavy atom. The van der Waals surface area contributed by atoms with Gasteiger partial charge in [-0.2, -0.15) is 4.31 Å². The predicted molar refractivity (Wildman–Crippen MR) is 83.6 cm³/mol. The Balaban J connectivity index is 2.05. The lowest BCUT2D eigenvalue weighted by molar-refractivity contribution is 0.0680. The average molecular weight is 362 g/mol. The molecule has 20 heavy (non-hydrogen) atoms. The molecule has 1 aromatic rings. The standard InChI is InChI=1S/C14H20BrNO3S/c1-9-5-12(6-10(2)14(9)15)19-8-13-11(3)7-16(13)20(4,17)18/h5-6,11,13H,7-8H2,1-4H3. The molecule has 112 valence electrons. The SMILES string of the molecule is Cc1cc(OCC2C(C)CN2S(C)(=O)=O)cc(C)c1Br. The number of nitrogens with zero attached hydrogens (tertiary/aromatic N) is 1. The Kier molecular flexibility index (Phi) is 4.47. The van der Waals surface area contributed by atoms with Crippen LogP contribution in [0.4, 0.5) is 0 Å². The van der Waals surface area contributed by atoms with Gasteiger partial charge in [0, 0.05) is 11.0 Å². The fourth-order valence-electron chi connectivity index (χ4n) is 2.49. The van der Waals surface area contributed by atoms with Crippen LogP contribution in [0.2, 0.25) is 0 Å². The van der Waals surface area contributed by atoms with Crippen LogP contribution in [0.1, 0.15) is 18.1 Å². The lowest BCUT2D eigenvalue weighted by Gasteiger charge is -2.44. The van der Waals surface area contributed by atoms with Crippen LogP contribution in [-0.2, 0) is 10.0 Å². The van der Waals surface area contributed by atoms with Crippen LogP contribution in [0.3, 0.4) is 0 Å². The Bertz CT molecular complexity index is 592. The van der Waals surface area contributed by atoms with Gasteiger partial charge in [-0.1, -0.05) is 22.9 Å². The second-order valence-electron chi connectivity index (χ2n) is 5.56. The molecule has 2 rings (SSSR count). The van der Waals surface area contributed by atoms with E-state index in [1.54, 1.807) is 0 Å². The molecule has 0 aromatic heterocycles. The minimum Gasteiger partial charge on any atom is -0.492 e. The van der Waals surface area contributed by atoms with Gasteiger partial charge in [-0.3, -0.25) is 0 Å². The van der Waals surface area contributed by atoms with E-state index in [1.165, 1.54) is 10.6 Å². The zero-order chi connectivity index (χ0) is 15.1. The maximum Gasteiger partial charge on any atom is 0.211 e. The molecule has 0 amide bonds. The summed E-state index contributed by atoms with van der Waals surface area (Å²) in [6, 6.07) is 3.87. The molecule has 1 aliphatic heterocycles. The van der Waals surface area contributed by atoms with E-state index in [-0.39, 0.29) is 6.04 Å². The highest BCUT2D eigenvalue weighted by atomic mass is 79.9. The number of ether oxygens (including phenoxy) is 1. The number of hydrogen-bond donors (Lipinski definition) is 0. The predicted octanol–water partition coefficient (Wildman–Crippen LogP) is 2.72. The molecule has 1 heterocycles. The summed E-state index contributed by atoms with van der Waals surface area (Å²) in [5, 5.41) is 0. The minimum absolute atomic E-state index is 0.0609. The highest BCUT2D eigenvalue weighted by molar-refractivity contribution is 9.10. The van der Waals surface area contributed by atoms with E-state index in [9.17, 15) is 8.42 Å². The fraction of sp³-hybridized carbons (Fsp3) is 0.571. The maximum atomic E-state index is 11.6. The molecule has 0 spiro atoms.